The summed E-state index contributed by atoms with van der Waals surface area (Å²) in [5.74, 6) is 0.707. The molecule has 28 heavy (non-hydrogen) atoms. The lowest BCUT2D eigenvalue weighted by atomic mass is 10.1. The van der Waals surface area contributed by atoms with Crippen LogP contribution in [0.5, 0.6) is 0 Å². The molecule has 7 nitrogen and oxygen atoms in total. The Hall–Kier alpha value is -3.87. The molecular formula is C21H17N5O2. The Morgan fingerprint density at radius 3 is 2.79 bits per heavy atom. The second-order valence-corrected chi connectivity index (χ2v) is 6.73. The molecule has 0 bridgehead atoms. The SMILES string of the molecule is C=[N+]([O-])c1cccc(-c2ccc(-c3nc4cccc5c4n3CCNC5=O)[nH]2)c1. The van der Waals surface area contributed by atoms with Crippen molar-refractivity contribution >= 4 is 29.3 Å². The second-order valence-electron chi connectivity index (χ2n) is 6.73. The van der Waals surface area contributed by atoms with Gasteiger partial charge in [-0.3, -0.25) is 4.79 Å². The van der Waals surface area contributed by atoms with Crippen LogP contribution in [0.3, 0.4) is 0 Å². The van der Waals surface area contributed by atoms with E-state index in [0.717, 1.165) is 33.8 Å². The van der Waals surface area contributed by atoms with Crippen molar-refractivity contribution in [1.29, 1.82) is 0 Å². The van der Waals surface area contributed by atoms with E-state index in [1.165, 1.54) is 0 Å². The lowest BCUT2D eigenvalue weighted by Crippen LogP contribution is -2.24. The van der Waals surface area contributed by atoms with E-state index in [1.807, 2.05) is 42.5 Å². The Morgan fingerprint density at radius 2 is 1.93 bits per heavy atom. The summed E-state index contributed by atoms with van der Waals surface area (Å²) in [6.45, 7) is 4.58. The van der Waals surface area contributed by atoms with Crippen molar-refractivity contribution in [2.45, 2.75) is 6.54 Å². The van der Waals surface area contributed by atoms with Crippen molar-refractivity contribution in [3.05, 3.63) is 65.4 Å². The van der Waals surface area contributed by atoms with Crippen LogP contribution in [0.1, 0.15) is 10.4 Å². The minimum Gasteiger partial charge on any atom is -0.619 e. The van der Waals surface area contributed by atoms with Crippen LogP contribution in [0.15, 0.2) is 54.6 Å². The number of carbonyl (C=O) groups excluding carboxylic acids is 1. The summed E-state index contributed by atoms with van der Waals surface area (Å²) in [6.07, 6.45) is 0. The first-order chi connectivity index (χ1) is 13.6. The molecule has 5 rings (SSSR count). The number of aromatic nitrogens is 3. The molecule has 0 fully saturated rings. The Labute approximate surface area is 160 Å². The molecule has 0 spiro atoms. The molecule has 1 aliphatic heterocycles. The van der Waals surface area contributed by atoms with Crippen molar-refractivity contribution < 1.29 is 9.53 Å². The molecule has 0 saturated carbocycles. The quantitative estimate of drug-likeness (QED) is 0.251. The summed E-state index contributed by atoms with van der Waals surface area (Å²) in [6, 6.07) is 16.8. The molecule has 0 saturated heterocycles. The normalized spacial score (nSPS) is 13.4. The molecule has 0 aliphatic carbocycles. The summed E-state index contributed by atoms with van der Waals surface area (Å²) in [4.78, 5) is 20.5. The van der Waals surface area contributed by atoms with Crippen molar-refractivity contribution in [2.75, 3.05) is 6.54 Å². The fourth-order valence-corrected chi connectivity index (χ4v) is 3.69. The zero-order chi connectivity index (χ0) is 19.3. The molecule has 1 aliphatic rings. The smallest absolute Gasteiger partial charge is 0.253 e. The van der Waals surface area contributed by atoms with E-state index in [2.05, 4.69) is 21.6 Å². The third kappa shape index (κ3) is 2.48. The topological polar surface area (TPSA) is 88.8 Å². The minimum atomic E-state index is -0.0740. The fraction of sp³-hybridized carbons (Fsp3) is 0.0952. The third-order valence-corrected chi connectivity index (χ3v) is 5.00. The largest absolute Gasteiger partial charge is 0.619 e. The van der Waals surface area contributed by atoms with Crippen molar-refractivity contribution in [1.82, 2.24) is 19.9 Å². The molecule has 0 radical (unpaired) electrons. The molecule has 4 aromatic rings. The van der Waals surface area contributed by atoms with Crippen LogP contribution in [0.4, 0.5) is 5.69 Å². The third-order valence-electron chi connectivity index (χ3n) is 5.00. The lowest BCUT2D eigenvalue weighted by Gasteiger charge is -2.06. The second kappa shape index (κ2) is 6.09. The predicted octanol–water partition coefficient (Wildman–Crippen LogP) is 3.28. The number of amides is 1. The first-order valence-electron chi connectivity index (χ1n) is 8.97. The first kappa shape index (κ1) is 16.3. The summed E-state index contributed by atoms with van der Waals surface area (Å²) < 4.78 is 2.66. The van der Waals surface area contributed by atoms with Gasteiger partial charge >= 0.3 is 0 Å². The highest BCUT2D eigenvalue weighted by Crippen LogP contribution is 2.30. The summed E-state index contributed by atoms with van der Waals surface area (Å²) in [5, 5.41) is 14.4. The number of nitrogens with one attached hydrogen (secondary N) is 2. The highest BCUT2D eigenvalue weighted by molar-refractivity contribution is 6.06. The van der Waals surface area contributed by atoms with E-state index in [1.54, 1.807) is 12.1 Å². The maximum Gasteiger partial charge on any atom is 0.253 e. The average Bonchev–Trinajstić information content (AvgIpc) is 3.28. The van der Waals surface area contributed by atoms with Gasteiger partial charge in [0.1, 0.15) is 6.72 Å². The van der Waals surface area contributed by atoms with Gasteiger partial charge in [0, 0.05) is 36.5 Å². The van der Waals surface area contributed by atoms with Crippen LogP contribution in [-0.2, 0) is 6.54 Å². The standard InChI is InChI=1S/C21H17N5O2/c1-25(28)14-5-2-4-13(12-14)16-8-9-18(23-16)20-24-17-7-3-6-15-19(17)26(20)11-10-22-21(15)27/h2-9,12,23H,1,10-11H2,(H,22,27). The number of aromatic amines is 1. The zero-order valence-corrected chi connectivity index (χ0v) is 15.0. The van der Waals surface area contributed by atoms with Crippen molar-refractivity contribution in [3.63, 3.8) is 0 Å². The van der Waals surface area contributed by atoms with E-state index in [0.29, 0.717) is 29.1 Å². The first-order valence-corrected chi connectivity index (χ1v) is 8.97. The Balaban J connectivity index is 1.63. The molecule has 138 valence electrons. The van der Waals surface area contributed by atoms with E-state index < -0.39 is 0 Å². The lowest BCUT2D eigenvalue weighted by molar-refractivity contribution is -0.349. The molecule has 1 amide bonds. The van der Waals surface area contributed by atoms with Gasteiger partial charge in [-0.05, 0) is 24.3 Å². The maximum atomic E-state index is 12.3. The predicted molar refractivity (Wildman–Crippen MR) is 108 cm³/mol. The van der Waals surface area contributed by atoms with Crippen LogP contribution in [-0.4, -0.2) is 38.4 Å². The molecule has 0 atom stereocenters. The van der Waals surface area contributed by atoms with Gasteiger partial charge in [0.25, 0.3) is 5.91 Å². The fourth-order valence-electron chi connectivity index (χ4n) is 3.69. The molecule has 2 N–H and O–H groups in total. The number of hydrogen-bond donors (Lipinski definition) is 2. The highest BCUT2D eigenvalue weighted by Gasteiger charge is 2.22. The number of carbonyl (C=O) groups is 1. The number of H-pyrrole nitrogens is 1. The van der Waals surface area contributed by atoms with Gasteiger partial charge in [-0.2, -0.15) is 4.74 Å². The van der Waals surface area contributed by atoms with Gasteiger partial charge in [-0.15, -0.1) is 0 Å². The molecule has 7 heteroatoms. The number of nitrogens with zero attached hydrogens (tertiary/aromatic N) is 3. The molecule has 3 heterocycles. The number of rotatable bonds is 3. The van der Waals surface area contributed by atoms with E-state index in [9.17, 15) is 10.0 Å². The number of benzene rings is 2. The average molecular weight is 371 g/mol. The monoisotopic (exact) mass is 371 g/mol. The van der Waals surface area contributed by atoms with Gasteiger partial charge in [-0.25, -0.2) is 4.98 Å². The summed E-state index contributed by atoms with van der Waals surface area (Å²) in [7, 11) is 0. The Morgan fingerprint density at radius 1 is 1.11 bits per heavy atom. The highest BCUT2D eigenvalue weighted by atomic mass is 16.5. The van der Waals surface area contributed by atoms with Gasteiger partial charge in [0.05, 0.1) is 22.3 Å². The van der Waals surface area contributed by atoms with E-state index in [4.69, 9.17) is 4.98 Å². The maximum absolute atomic E-state index is 12.3. The van der Waals surface area contributed by atoms with Gasteiger partial charge < -0.3 is 20.1 Å². The summed E-state index contributed by atoms with van der Waals surface area (Å²) in [5.41, 5.74) is 5.39. The van der Waals surface area contributed by atoms with Gasteiger partial charge in [-0.1, -0.05) is 18.2 Å². The zero-order valence-electron chi connectivity index (χ0n) is 15.0. The molecular weight excluding hydrogens is 354 g/mol. The van der Waals surface area contributed by atoms with Crippen LogP contribution in [0, 0.1) is 5.21 Å². The Bertz CT molecular complexity index is 1250. The van der Waals surface area contributed by atoms with E-state index in [-0.39, 0.29) is 5.91 Å². The summed E-state index contributed by atoms with van der Waals surface area (Å²) >= 11 is 0. The Kier molecular flexibility index (Phi) is 3.55. The number of imidazole rings is 1. The van der Waals surface area contributed by atoms with Crippen LogP contribution >= 0.6 is 0 Å². The molecule has 0 unspecified atom stereocenters. The van der Waals surface area contributed by atoms with Crippen LogP contribution in [0.25, 0.3) is 33.8 Å². The van der Waals surface area contributed by atoms with Crippen LogP contribution in [0.2, 0.25) is 0 Å². The van der Waals surface area contributed by atoms with Crippen molar-refractivity contribution in [3.8, 4) is 22.8 Å². The molecule has 2 aromatic carbocycles. The molecule has 2 aromatic heterocycles. The van der Waals surface area contributed by atoms with Crippen LogP contribution < -0.4 is 5.32 Å². The van der Waals surface area contributed by atoms with E-state index >= 15 is 0 Å². The van der Waals surface area contributed by atoms with Gasteiger partial charge in [0.15, 0.2) is 5.82 Å². The minimum absolute atomic E-state index is 0.0740. The number of para-hydroxylation sites is 1. The van der Waals surface area contributed by atoms with Gasteiger partial charge in [0.2, 0.25) is 5.69 Å². The number of hydrogen-bond acceptors (Lipinski definition) is 3. The van der Waals surface area contributed by atoms with Crippen molar-refractivity contribution in [2.24, 2.45) is 0 Å².